The quantitative estimate of drug-likeness (QED) is 0.906. The molecule has 0 radical (unpaired) electrons. The Kier molecular flexibility index (Phi) is 5.22. The van der Waals surface area contributed by atoms with Gasteiger partial charge in [0.1, 0.15) is 12.2 Å². The van der Waals surface area contributed by atoms with Crippen molar-refractivity contribution in [3.05, 3.63) is 71.8 Å². The predicted octanol–water partition coefficient (Wildman–Crippen LogP) is 4.00. The number of aliphatic hydroxyl groups excluding tert-OH is 1. The van der Waals surface area contributed by atoms with Crippen molar-refractivity contribution in [1.29, 1.82) is 0 Å². The summed E-state index contributed by atoms with van der Waals surface area (Å²) in [5.41, 5.74) is 1.82. The smallest absolute Gasteiger partial charge is 0.158 e. The van der Waals surface area contributed by atoms with E-state index in [0.29, 0.717) is 0 Å². The molecule has 0 amide bonds. The number of hydrogen-bond acceptors (Lipinski definition) is 3. The first-order valence-corrected chi connectivity index (χ1v) is 7.89. The van der Waals surface area contributed by atoms with Gasteiger partial charge in [-0.25, -0.2) is 0 Å². The van der Waals surface area contributed by atoms with E-state index in [9.17, 15) is 5.11 Å². The molecule has 1 N–H and O–H groups in total. The molecule has 3 atom stereocenters. The van der Waals surface area contributed by atoms with Crippen molar-refractivity contribution >= 4 is 0 Å². The first-order valence-electron chi connectivity index (χ1n) is 7.89. The van der Waals surface area contributed by atoms with Crippen LogP contribution < -0.4 is 0 Å². The standard InChI is InChI=1S/C19H22O3/c20-18(15-9-3-1-4-10-15)19(16-11-5-2-6-12-16)22-17-13-7-8-14-21-17/h1-6,9-12,17-20H,7-8,13-14H2/t17?,18-,19-/m0/s1. The second-order valence-corrected chi connectivity index (χ2v) is 5.62. The predicted molar refractivity (Wildman–Crippen MR) is 85.3 cm³/mol. The highest BCUT2D eigenvalue weighted by Gasteiger charge is 2.28. The van der Waals surface area contributed by atoms with Crippen LogP contribution >= 0.6 is 0 Å². The van der Waals surface area contributed by atoms with Crippen molar-refractivity contribution in [2.75, 3.05) is 6.61 Å². The molecule has 0 bridgehead atoms. The maximum Gasteiger partial charge on any atom is 0.158 e. The molecule has 3 heteroatoms. The van der Waals surface area contributed by atoms with Crippen LogP contribution in [-0.2, 0) is 9.47 Å². The van der Waals surface area contributed by atoms with E-state index in [1.807, 2.05) is 60.7 Å². The topological polar surface area (TPSA) is 38.7 Å². The zero-order chi connectivity index (χ0) is 15.2. The molecule has 2 aromatic rings. The third-order valence-electron chi connectivity index (χ3n) is 3.99. The maximum atomic E-state index is 10.8. The molecule has 1 aliphatic heterocycles. The first kappa shape index (κ1) is 15.2. The van der Waals surface area contributed by atoms with Crippen molar-refractivity contribution in [2.24, 2.45) is 0 Å². The molecule has 2 aromatic carbocycles. The monoisotopic (exact) mass is 298 g/mol. The van der Waals surface area contributed by atoms with Crippen molar-refractivity contribution in [3.8, 4) is 0 Å². The zero-order valence-electron chi connectivity index (χ0n) is 12.6. The summed E-state index contributed by atoms with van der Waals surface area (Å²) in [7, 11) is 0. The molecule has 0 saturated carbocycles. The molecular formula is C19H22O3. The normalized spacial score (nSPS) is 21.2. The van der Waals surface area contributed by atoms with E-state index < -0.39 is 12.2 Å². The summed E-state index contributed by atoms with van der Waals surface area (Å²) < 4.78 is 11.8. The molecule has 116 valence electrons. The van der Waals surface area contributed by atoms with Gasteiger partial charge in [0.15, 0.2) is 6.29 Å². The number of hydrogen-bond donors (Lipinski definition) is 1. The van der Waals surface area contributed by atoms with E-state index in [2.05, 4.69) is 0 Å². The molecule has 1 heterocycles. The van der Waals surface area contributed by atoms with E-state index >= 15 is 0 Å². The molecule has 0 aromatic heterocycles. The summed E-state index contributed by atoms with van der Waals surface area (Å²) in [5, 5.41) is 10.8. The van der Waals surface area contributed by atoms with Gasteiger partial charge in [0.25, 0.3) is 0 Å². The highest BCUT2D eigenvalue weighted by molar-refractivity contribution is 5.25. The Morgan fingerprint density at radius 1 is 0.909 bits per heavy atom. The molecule has 0 spiro atoms. The lowest BCUT2D eigenvalue weighted by Gasteiger charge is -2.30. The van der Waals surface area contributed by atoms with Gasteiger partial charge in [-0.1, -0.05) is 60.7 Å². The molecule has 1 fully saturated rings. The van der Waals surface area contributed by atoms with Crippen LogP contribution in [0, 0.1) is 0 Å². The Balaban J connectivity index is 1.82. The van der Waals surface area contributed by atoms with Gasteiger partial charge < -0.3 is 14.6 Å². The fourth-order valence-corrected chi connectivity index (χ4v) is 2.79. The minimum absolute atomic E-state index is 0.239. The van der Waals surface area contributed by atoms with Crippen LogP contribution in [0.25, 0.3) is 0 Å². The summed E-state index contributed by atoms with van der Waals surface area (Å²) in [6.07, 6.45) is 1.69. The van der Waals surface area contributed by atoms with Crippen LogP contribution in [0.3, 0.4) is 0 Å². The highest BCUT2D eigenvalue weighted by Crippen LogP contribution is 2.34. The molecule has 3 nitrogen and oxygen atoms in total. The number of benzene rings is 2. The van der Waals surface area contributed by atoms with Crippen LogP contribution in [0.2, 0.25) is 0 Å². The number of rotatable bonds is 5. The Hall–Kier alpha value is -1.68. The van der Waals surface area contributed by atoms with Crippen molar-refractivity contribution in [1.82, 2.24) is 0 Å². The zero-order valence-corrected chi connectivity index (χ0v) is 12.6. The number of aliphatic hydroxyl groups is 1. The lowest BCUT2D eigenvalue weighted by atomic mass is 9.98. The van der Waals surface area contributed by atoms with Gasteiger partial charge in [-0.3, -0.25) is 0 Å². The second kappa shape index (κ2) is 7.54. The van der Waals surface area contributed by atoms with Gasteiger partial charge in [-0.05, 0) is 30.4 Å². The second-order valence-electron chi connectivity index (χ2n) is 5.62. The maximum absolute atomic E-state index is 10.8. The Labute approximate surface area is 131 Å². The van der Waals surface area contributed by atoms with Crippen LogP contribution in [0.5, 0.6) is 0 Å². The van der Waals surface area contributed by atoms with E-state index in [1.165, 1.54) is 0 Å². The van der Waals surface area contributed by atoms with Gasteiger partial charge in [-0.2, -0.15) is 0 Å². The molecule has 1 saturated heterocycles. The average Bonchev–Trinajstić information content (AvgIpc) is 2.61. The van der Waals surface area contributed by atoms with Gasteiger partial charge in [0.2, 0.25) is 0 Å². The van der Waals surface area contributed by atoms with Crippen LogP contribution in [0.4, 0.5) is 0 Å². The SMILES string of the molecule is O[C@@H](c1ccccc1)[C@@H](OC1CCCCO1)c1ccccc1. The van der Waals surface area contributed by atoms with Crippen molar-refractivity contribution in [2.45, 2.75) is 37.8 Å². The average molecular weight is 298 g/mol. The van der Waals surface area contributed by atoms with E-state index in [-0.39, 0.29) is 6.29 Å². The molecule has 22 heavy (non-hydrogen) atoms. The van der Waals surface area contributed by atoms with E-state index in [4.69, 9.17) is 9.47 Å². The first-order chi connectivity index (χ1) is 10.8. The third-order valence-corrected chi connectivity index (χ3v) is 3.99. The summed E-state index contributed by atoms with van der Waals surface area (Å²) in [6, 6.07) is 19.5. The molecule has 1 aliphatic rings. The van der Waals surface area contributed by atoms with E-state index in [1.54, 1.807) is 0 Å². The molecule has 0 aliphatic carbocycles. The Morgan fingerprint density at radius 3 is 2.14 bits per heavy atom. The molecular weight excluding hydrogens is 276 g/mol. The summed E-state index contributed by atoms with van der Waals surface area (Å²) >= 11 is 0. The highest BCUT2D eigenvalue weighted by atomic mass is 16.7. The van der Waals surface area contributed by atoms with Crippen LogP contribution in [0.1, 0.15) is 42.6 Å². The fourth-order valence-electron chi connectivity index (χ4n) is 2.79. The fraction of sp³-hybridized carbons (Fsp3) is 0.368. The molecule has 3 rings (SSSR count). The van der Waals surface area contributed by atoms with Crippen LogP contribution in [-0.4, -0.2) is 18.0 Å². The van der Waals surface area contributed by atoms with Gasteiger partial charge in [0.05, 0.1) is 0 Å². The summed E-state index contributed by atoms with van der Waals surface area (Å²) in [4.78, 5) is 0. The third kappa shape index (κ3) is 3.74. The largest absolute Gasteiger partial charge is 0.385 e. The van der Waals surface area contributed by atoms with Crippen molar-refractivity contribution in [3.63, 3.8) is 0 Å². The Bertz CT molecular complexity index is 549. The number of ether oxygens (including phenoxy) is 2. The summed E-state index contributed by atoms with van der Waals surface area (Å²) in [5.74, 6) is 0. The Morgan fingerprint density at radius 2 is 1.55 bits per heavy atom. The van der Waals surface area contributed by atoms with Crippen molar-refractivity contribution < 1.29 is 14.6 Å². The minimum atomic E-state index is -0.714. The lowest BCUT2D eigenvalue weighted by Crippen LogP contribution is -2.27. The van der Waals surface area contributed by atoms with Gasteiger partial charge in [-0.15, -0.1) is 0 Å². The molecule has 1 unspecified atom stereocenters. The van der Waals surface area contributed by atoms with Crippen LogP contribution in [0.15, 0.2) is 60.7 Å². The minimum Gasteiger partial charge on any atom is -0.385 e. The van der Waals surface area contributed by atoms with Gasteiger partial charge in [0, 0.05) is 6.61 Å². The lowest BCUT2D eigenvalue weighted by molar-refractivity contribution is -0.210. The summed E-state index contributed by atoms with van der Waals surface area (Å²) in [6.45, 7) is 0.730. The van der Waals surface area contributed by atoms with E-state index in [0.717, 1.165) is 37.0 Å². The van der Waals surface area contributed by atoms with Gasteiger partial charge >= 0.3 is 0 Å².